The maximum atomic E-state index is 6.18. The van der Waals surface area contributed by atoms with E-state index in [2.05, 4.69) is 25.2 Å². The van der Waals surface area contributed by atoms with Crippen LogP contribution in [-0.2, 0) is 0 Å². The van der Waals surface area contributed by atoms with Crippen molar-refractivity contribution in [3.05, 3.63) is 28.8 Å². The van der Waals surface area contributed by atoms with Gasteiger partial charge in [0.1, 0.15) is 0 Å². The number of para-hydroxylation sites is 1. The summed E-state index contributed by atoms with van der Waals surface area (Å²) in [7, 11) is 0. The second-order valence-electron chi connectivity index (χ2n) is 4.69. The Labute approximate surface area is 96.8 Å². The highest BCUT2D eigenvalue weighted by Gasteiger charge is 2.21. The van der Waals surface area contributed by atoms with Gasteiger partial charge in [0.15, 0.2) is 0 Å². The van der Waals surface area contributed by atoms with Gasteiger partial charge in [0.05, 0.1) is 10.7 Å². The average molecular weight is 224 g/mol. The molecule has 0 amide bonds. The molecule has 0 bridgehead atoms. The molecule has 1 saturated carbocycles. The minimum absolute atomic E-state index is 0.610. The topological polar surface area (TPSA) is 12.0 Å². The van der Waals surface area contributed by atoms with Gasteiger partial charge in [-0.15, -0.1) is 0 Å². The summed E-state index contributed by atoms with van der Waals surface area (Å²) in [6.07, 6.45) is 3.87. The monoisotopic (exact) mass is 223 g/mol. The Morgan fingerprint density at radius 1 is 1.33 bits per heavy atom. The smallest absolute Gasteiger partial charge is 0.0640 e. The minimum atomic E-state index is 0.610. The van der Waals surface area contributed by atoms with E-state index in [1.807, 2.05) is 12.1 Å². The summed E-state index contributed by atoms with van der Waals surface area (Å²) in [5, 5.41) is 4.42. The van der Waals surface area contributed by atoms with Crippen LogP contribution in [0, 0.1) is 12.8 Å². The quantitative estimate of drug-likeness (QED) is 0.791. The van der Waals surface area contributed by atoms with E-state index in [-0.39, 0.29) is 0 Å². The van der Waals surface area contributed by atoms with E-state index in [4.69, 9.17) is 11.6 Å². The van der Waals surface area contributed by atoms with Gasteiger partial charge in [-0.05, 0) is 43.7 Å². The fourth-order valence-corrected chi connectivity index (χ4v) is 2.63. The molecular formula is C13H18ClN. The second kappa shape index (κ2) is 4.44. The second-order valence-corrected chi connectivity index (χ2v) is 5.10. The molecule has 0 spiro atoms. The molecule has 15 heavy (non-hydrogen) atoms. The van der Waals surface area contributed by atoms with Crippen molar-refractivity contribution in [3.8, 4) is 0 Å². The van der Waals surface area contributed by atoms with Crippen LogP contribution in [0.3, 0.4) is 0 Å². The van der Waals surface area contributed by atoms with Crippen molar-refractivity contribution in [1.29, 1.82) is 0 Å². The standard InChI is InChI=1S/C13H18ClN/c1-9-6-7-11(8-9)15-13-10(2)4-3-5-12(13)14/h3-5,9,11,15H,6-8H2,1-2H3. The molecule has 2 unspecified atom stereocenters. The van der Waals surface area contributed by atoms with Gasteiger partial charge in [0, 0.05) is 6.04 Å². The highest BCUT2D eigenvalue weighted by atomic mass is 35.5. The summed E-state index contributed by atoms with van der Waals surface area (Å²) in [6, 6.07) is 6.67. The third-order valence-electron chi connectivity index (χ3n) is 3.27. The average Bonchev–Trinajstić information content (AvgIpc) is 2.58. The number of hydrogen-bond donors (Lipinski definition) is 1. The van der Waals surface area contributed by atoms with Gasteiger partial charge in [-0.2, -0.15) is 0 Å². The molecule has 0 saturated heterocycles. The van der Waals surface area contributed by atoms with Gasteiger partial charge >= 0.3 is 0 Å². The van der Waals surface area contributed by atoms with Crippen molar-refractivity contribution in [2.45, 2.75) is 39.2 Å². The van der Waals surface area contributed by atoms with Crippen molar-refractivity contribution in [2.75, 3.05) is 5.32 Å². The van der Waals surface area contributed by atoms with E-state index in [0.29, 0.717) is 6.04 Å². The highest BCUT2D eigenvalue weighted by Crippen LogP contribution is 2.31. The van der Waals surface area contributed by atoms with Crippen molar-refractivity contribution in [2.24, 2.45) is 5.92 Å². The highest BCUT2D eigenvalue weighted by molar-refractivity contribution is 6.33. The maximum absolute atomic E-state index is 6.18. The van der Waals surface area contributed by atoms with Crippen LogP contribution in [0.1, 0.15) is 31.7 Å². The van der Waals surface area contributed by atoms with Crippen molar-refractivity contribution < 1.29 is 0 Å². The zero-order chi connectivity index (χ0) is 10.8. The minimum Gasteiger partial charge on any atom is -0.381 e. The third kappa shape index (κ3) is 2.46. The first-order valence-electron chi connectivity index (χ1n) is 5.68. The van der Waals surface area contributed by atoms with Crippen LogP contribution in [0.15, 0.2) is 18.2 Å². The molecule has 1 aromatic carbocycles. The van der Waals surface area contributed by atoms with Gasteiger partial charge in [-0.3, -0.25) is 0 Å². The van der Waals surface area contributed by atoms with Crippen LogP contribution in [0.25, 0.3) is 0 Å². The Kier molecular flexibility index (Phi) is 3.20. The summed E-state index contributed by atoms with van der Waals surface area (Å²) in [6.45, 7) is 4.42. The normalized spacial score (nSPS) is 25.5. The molecule has 1 aromatic rings. The SMILES string of the molecule is Cc1cccc(Cl)c1NC1CCC(C)C1. The van der Waals surface area contributed by atoms with Crippen LogP contribution in [0.5, 0.6) is 0 Å². The fraction of sp³-hybridized carbons (Fsp3) is 0.538. The van der Waals surface area contributed by atoms with Gasteiger partial charge < -0.3 is 5.32 Å². The molecule has 0 heterocycles. The number of anilines is 1. The Balaban J connectivity index is 2.10. The van der Waals surface area contributed by atoms with Crippen molar-refractivity contribution in [1.82, 2.24) is 0 Å². The van der Waals surface area contributed by atoms with E-state index in [9.17, 15) is 0 Å². The summed E-state index contributed by atoms with van der Waals surface area (Å²) in [5.41, 5.74) is 2.36. The summed E-state index contributed by atoms with van der Waals surface area (Å²) in [5.74, 6) is 0.852. The van der Waals surface area contributed by atoms with E-state index in [1.54, 1.807) is 0 Å². The Hall–Kier alpha value is -0.690. The molecule has 0 radical (unpaired) electrons. The molecule has 1 fully saturated rings. The largest absolute Gasteiger partial charge is 0.381 e. The van der Waals surface area contributed by atoms with Crippen LogP contribution < -0.4 is 5.32 Å². The van der Waals surface area contributed by atoms with Crippen molar-refractivity contribution >= 4 is 17.3 Å². The summed E-state index contributed by atoms with van der Waals surface area (Å²) in [4.78, 5) is 0. The van der Waals surface area contributed by atoms with E-state index >= 15 is 0 Å². The lowest BCUT2D eigenvalue weighted by Crippen LogP contribution is -2.16. The zero-order valence-corrected chi connectivity index (χ0v) is 10.1. The molecule has 2 atom stereocenters. The summed E-state index contributed by atoms with van der Waals surface area (Å²) < 4.78 is 0. The predicted molar refractivity (Wildman–Crippen MR) is 66.6 cm³/mol. The van der Waals surface area contributed by atoms with E-state index < -0.39 is 0 Å². The lowest BCUT2D eigenvalue weighted by Gasteiger charge is -2.17. The van der Waals surface area contributed by atoms with Crippen LogP contribution >= 0.6 is 11.6 Å². The van der Waals surface area contributed by atoms with Crippen LogP contribution in [0.2, 0.25) is 5.02 Å². The molecule has 1 nitrogen and oxygen atoms in total. The summed E-state index contributed by atoms with van der Waals surface area (Å²) >= 11 is 6.18. The Morgan fingerprint density at radius 3 is 2.73 bits per heavy atom. The van der Waals surface area contributed by atoms with Gasteiger partial charge in [-0.1, -0.05) is 30.7 Å². The molecule has 82 valence electrons. The number of aryl methyl sites for hydroxylation is 1. The van der Waals surface area contributed by atoms with Crippen LogP contribution in [0.4, 0.5) is 5.69 Å². The molecule has 1 aliphatic carbocycles. The van der Waals surface area contributed by atoms with Gasteiger partial charge in [0.25, 0.3) is 0 Å². The lowest BCUT2D eigenvalue weighted by atomic mass is 10.1. The first-order chi connectivity index (χ1) is 7.16. The predicted octanol–water partition coefficient (Wildman–Crippen LogP) is 4.25. The van der Waals surface area contributed by atoms with Gasteiger partial charge in [0.2, 0.25) is 0 Å². The molecule has 2 heteroatoms. The molecule has 0 aromatic heterocycles. The number of halogens is 1. The molecule has 0 aliphatic heterocycles. The van der Waals surface area contributed by atoms with Gasteiger partial charge in [-0.25, -0.2) is 0 Å². The fourth-order valence-electron chi connectivity index (χ4n) is 2.36. The molecular weight excluding hydrogens is 206 g/mol. The molecule has 1 aliphatic rings. The number of nitrogens with one attached hydrogen (secondary N) is 1. The zero-order valence-electron chi connectivity index (χ0n) is 9.39. The maximum Gasteiger partial charge on any atom is 0.0640 e. The van der Waals surface area contributed by atoms with E-state index in [0.717, 1.165) is 16.6 Å². The van der Waals surface area contributed by atoms with E-state index in [1.165, 1.54) is 24.8 Å². The Morgan fingerprint density at radius 2 is 2.13 bits per heavy atom. The number of hydrogen-bond acceptors (Lipinski definition) is 1. The molecule has 1 N–H and O–H groups in total. The van der Waals surface area contributed by atoms with Crippen molar-refractivity contribution in [3.63, 3.8) is 0 Å². The molecule has 2 rings (SSSR count). The Bertz CT molecular complexity index is 328. The number of benzene rings is 1. The first-order valence-corrected chi connectivity index (χ1v) is 6.06. The van der Waals surface area contributed by atoms with Crippen LogP contribution in [-0.4, -0.2) is 6.04 Å². The first kappa shape index (κ1) is 10.8. The number of rotatable bonds is 2. The third-order valence-corrected chi connectivity index (χ3v) is 3.58. The lowest BCUT2D eigenvalue weighted by molar-refractivity contribution is 0.602.